The van der Waals surface area contributed by atoms with Crippen molar-refractivity contribution in [3.05, 3.63) is 35.0 Å². The van der Waals surface area contributed by atoms with Crippen molar-refractivity contribution >= 4 is 27.7 Å². The van der Waals surface area contributed by atoms with E-state index in [1.165, 1.54) is 16.6 Å². The zero-order chi connectivity index (χ0) is 33.3. The Balaban J connectivity index is 1.18. The summed E-state index contributed by atoms with van der Waals surface area (Å²) in [6.07, 6.45) is 1.82. The Kier molecular flexibility index (Phi) is 10.6. The second-order valence-electron chi connectivity index (χ2n) is 13.3. The van der Waals surface area contributed by atoms with E-state index in [1.807, 2.05) is 4.68 Å². The van der Waals surface area contributed by atoms with Crippen LogP contribution in [0.25, 0.3) is 11.3 Å². The SMILES string of the molecule is CS(=O)(=O)N1CCc2c(c(-c3ccc(C(F)(F)F)c(SCCN4CCC(O)C4)c3)nn2CCCN2CCC(N3CCCC3=O)CC2)C1. The Morgan fingerprint density at radius 2 is 1.77 bits per heavy atom. The number of piperidine rings is 1. The molecule has 1 aromatic heterocycles. The molecule has 0 aliphatic carbocycles. The molecule has 0 saturated carbocycles. The third kappa shape index (κ3) is 8.18. The number of β-amino-alcohol motifs (C(OH)–C–C–N with tert-alkyl or cyclic N) is 1. The molecule has 1 amide bonds. The van der Waals surface area contributed by atoms with Crippen LogP contribution in [0.3, 0.4) is 0 Å². The maximum atomic E-state index is 14.1. The summed E-state index contributed by atoms with van der Waals surface area (Å²) < 4.78 is 70.5. The number of halogens is 3. The summed E-state index contributed by atoms with van der Waals surface area (Å²) in [7, 11) is -3.47. The summed E-state index contributed by atoms with van der Waals surface area (Å²) in [5.74, 6) is 0.720. The fourth-order valence-electron chi connectivity index (χ4n) is 7.44. The summed E-state index contributed by atoms with van der Waals surface area (Å²) in [5.41, 5.74) is 2.06. The number of fused-ring (bicyclic) bond motifs is 1. The lowest BCUT2D eigenvalue weighted by molar-refractivity contribution is -0.139. The van der Waals surface area contributed by atoms with E-state index >= 15 is 0 Å². The van der Waals surface area contributed by atoms with Gasteiger partial charge in [-0.05, 0) is 50.8 Å². The van der Waals surface area contributed by atoms with E-state index in [0.29, 0.717) is 68.5 Å². The van der Waals surface area contributed by atoms with Crippen molar-refractivity contribution in [3.63, 3.8) is 0 Å². The molecular weight excluding hydrogens is 654 g/mol. The molecule has 5 heterocycles. The van der Waals surface area contributed by atoms with Gasteiger partial charge < -0.3 is 14.9 Å². The van der Waals surface area contributed by atoms with Crippen LogP contribution in [0, 0.1) is 0 Å². The largest absolute Gasteiger partial charge is 0.417 e. The van der Waals surface area contributed by atoms with Gasteiger partial charge in [-0.2, -0.15) is 22.6 Å². The van der Waals surface area contributed by atoms with Gasteiger partial charge in [0.1, 0.15) is 0 Å². The zero-order valence-corrected chi connectivity index (χ0v) is 28.6. The summed E-state index contributed by atoms with van der Waals surface area (Å²) in [6.45, 7) is 6.53. The average molecular weight is 699 g/mol. The zero-order valence-electron chi connectivity index (χ0n) is 26.9. The first-order chi connectivity index (χ1) is 22.4. The molecule has 1 N–H and O–H groups in total. The van der Waals surface area contributed by atoms with Crippen LogP contribution in [0.15, 0.2) is 23.1 Å². The number of sulfonamides is 1. The number of benzene rings is 1. The van der Waals surface area contributed by atoms with Crippen molar-refractivity contribution in [2.45, 2.75) is 81.3 Å². The molecule has 4 aliphatic heterocycles. The number of hydrogen-bond acceptors (Lipinski definition) is 8. The molecule has 1 unspecified atom stereocenters. The fourth-order valence-corrected chi connectivity index (χ4v) is 9.35. The highest BCUT2D eigenvalue weighted by molar-refractivity contribution is 7.99. The smallest absolute Gasteiger partial charge is 0.392 e. The molecule has 4 aliphatic rings. The number of likely N-dealkylation sites (tertiary alicyclic amines) is 3. The molecule has 2 aromatic rings. The summed E-state index contributed by atoms with van der Waals surface area (Å²) in [5, 5.41) is 14.7. The molecule has 1 atom stereocenters. The number of aliphatic hydroxyl groups excluding tert-OH is 1. The minimum absolute atomic E-state index is 0.118. The van der Waals surface area contributed by atoms with E-state index in [1.54, 1.807) is 6.07 Å². The first-order valence-corrected chi connectivity index (χ1v) is 19.5. The number of aliphatic hydroxyl groups is 1. The summed E-state index contributed by atoms with van der Waals surface area (Å²) in [4.78, 5) is 18.8. The number of alkyl halides is 3. The number of hydrogen-bond donors (Lipinski definition) is 1. The topological polar surface area (TPSA) is 102 Å². The lowest BCUT2D eigenvalue weighted by atomic mass is 10.0. The van der Waals surface area contributed by atoms with E-state index in [4.69, 9.17) is 5.10 Å². The lowest BCUT2D eigenvalue weighted by Crippen LogP contribution is -2.45. The van der Waals surface area contributed by atoms with Gasteiger partial charge in [0.25, 0.3) is 0 Å². The van der Waals surface area contributed by atoms with Gasteiger partial charge in [-0.3, -0.25) is 14.4 Å². The van der Waals surface area contributed by atoms with Crippen LogP contribution >= 0.6 is 11.8 Å². The number of rotatable bonds is 11. The Bertz CT molecular complexity index is 1540. The molecule has 3 saturated heterocycles. The quantitative estimate of drug-likeness (QED) is 0.356. The third-order valence-electron chi connectivity index (χ3n) is 9.99. The minimum Gasteiger partial charge on any atom is -0.392 e. The number of thioether (sulfide) groups is 1. The maximum absolute atomic E-state index is 14.1. The van der Waals surface area contributed by atoms with Gasteiger partial charge >= 0.3 is 6.18 Å². The van der Waals surface area contributed by atoms with Crippen LogP contribution in [-0.2, 0) is 40.5 Å². The highest BCUT2D eigenvalue weighted by Crippen LogP contribution is 2.40. The first-order valence-electron chi connectivity index (χ1n) is 16.7. The van der Waals surface area contributed by atoms with Crippen LogP contribution in [0.1, 0.15) is 55.3 Å². The van der Waals surface area contributed by atoms with Gasteiger partial charge in [0.05, 0.1) is 23.6 Å². The van der Waals surface area contributed by atoms with Gasteiger partial charge in [-0.1, -0.05) is 6.07 Å². The van der Waals surface area contributed by atoms with E-state index in [9.17, 15) is 31.5 Å². The van der Waals surface area contributed by atoms with Gasteiger partial charge in [0.15, 0.2) is 0 Å². The van der Waals surface area contributed by atoms with Crippen molar-refractivity contribution in [3.8, 4) is 11.3 Å². The van der Waals surface area contributed by atoms with E-state index < -0.39 is 21.8 Å². The van der Waals surface area contributed by atoms with Crippen molar-refractivity contribution in [1.29, 1.82) is 0 Å². The second kappa shape index (κ2) is 14.4. The van der Waals surface area contributed by atoms with Crippen molar-refractivity contribution < 1.29 is 31.5 Å². The van der Waals surface area contributed by atoms with Crippen LogP contribution in [-0.4, -0.2) is 125 Å². The monoisotopic (exact) mass is 698 g/mol. The minimum atomic E-state index is -4.52. The number of carbonyl (C=O) groups excluding carboxylic acids is 1. The number of carbonyl (C=O) groups is 1. The molecule has 15 heteroatoms. The molecule has 3 fully saturated rings. The molecular formula is C32H45F3N6O4S2. The average Bonchev–Trinajstić information content (AvgIpc) is 3.74. The van der Waals surface area contributed by atoms with Gasteiger partial charge in [-0.15, -0.1) is 11.8 Å². The molecule has 10 nitrogen and oxygen atoms in total. The molecule has 260 valence electrons. The molecule has 0 radical (unpaired) electrons. The Morgan fingerprint density at radius 1 is 1.00 bits per heavy atom. The van der Waals surface area contributed by atoms with Crippen LogP contribution in [0.2, 0.25) is 0 Å². The Labute approximate surface area is 279 Å². The molecule has 6 rings (SSSR count). The van der Waals surface area contributed by atoms with Gasteiger partial charge in [-0.25, -0.2) is 8.42 Å². The van der Waals surface area contributed by atoms with Crippen LogP contribution in [0.4, 0.5) is 13.2 Å². The predicted molar refractivity (Wildman–Crippen MR) is 174 cm³/mol. The van der Waals surface area contributed by atoms with Crippen LogP contribution in [0.5, 0.6) is 0 Å². The fraction of sp³-hybridized carbons (Fsp3) is 0.688. The van der Waals surface area contributed by atoms with Crippen molar-refractivity contribution in [2.75, 3.05) is 64.4 Å². The first kappa shape index (κ1) is 34.7. The van der Waals surface area contributed by atoms with E-state index in [0.717, 1.165) is 87.5 Å². The maximum Gasteiger partial charge on any atom is 0.417 e. The third-order valence-corrected chi connectivity index (χ3v) is 12.3. The lowest BCUT2D eigenvalue weighted by Gasteiger charge is -2.36. The van der Waals surface area contributed by atoms with Gasteiger partial charge in [0, 0.05) is 105 Å². The van der Waals surface area contributed by atoms with Gasteiger partial charge in [0.2, 0.25) is 15.9 Å². The Hall–Kier alpha value is -2.17. The molecule has 0 bridgehead atoms. The van der Waals surface area contributed by atoms with E-state index in [2.05, 4.69) is 14.7 Å². The van der Waals surface area contributed by atoms with E-state index in [-0.39, 0.29) is 23.5 Å². The number of amides is 1. The molecule has 47 heavy (non-hydrogen) atoms. The highest BCUT2D eigenvalue weighted by Gasteiger charge is 2.35. The highest BCUT2D eigenvalue weighted by atomic mass is 32.2. The second-order valence-corrected chi connectivity index (χ2v) is 16.4. The normalized spacial score (nSPS) is 22.4. The number of aryl methyl sites for hydroxylation is 1. The number of aromatic nitrogens is 2. The molecule has 0 spiro atoms. The van der Waals surface area contributed by atoms with Crippen molar-refractivity contribution in [2.24, 2.45) is 0 Å². The number of nitrogens with zero attached hydrogens (tertiary/aromatic N) is 6. The molecule has 1 aromatic carbocycles. The van der Waals surface area contributed by atoms with Crippen LogP contribution < -0.4 is 0 Å². The summed E-state index contributed by atoms with van der Waals surface area (Å²) >= 11 is 1.15. The Morgan fingerprint density at radius 3 is 2.43 bits per heavy atom. The van der Waals surface area contributed by atoms with Crippen molar-refractivity contribution in [1.82, 2.24) is 28.8 Å². The predicted octanol–water partition coefficient (Wildman–Crippen LogP) is 3.52. The standard InChI is InChI=1S/C32H45F3N6O4S2/c1-47(44,45)39-17-10-28-26(22-39)31(36-41(28)13-3-11-37-14-7-24(8-15-37)40-12-2-4-30(40)43)23-5-6-27(32(33,34)35)29(20-23)46-19-18-38-16-9-25(42)21-38/h5-6,20,24-25,42H,2-4,7-19,21-22H2,1H3. The summed E-state index contributed by atoms with van der Waals surface area (Å²) in [6, 6.07) is 4.44.